The van der Waals surface area contributed by atoms with E-state index in [2.05, 4.69) is 20.9 Å². The van der Waals surface area contributed by atoms with Crippen LogP contribution in [0.5, 0.6) is 0 Å². The van der Waals surface area contributed by atoms with Gasteiger partial charge in [-0.3, -0.25) is 19.7 Å². The zero-order valence-corrected chi connectivity index (χ0v) is 20.9. The third kappa shape index (κ3) is 10.8. The summed E-state index contributed by atoms with van der Waals surface area (Å²) >= 11 is 0. The van der Waals surface area contributed by atoms with Crippen molar-refractivity contribution in [2.75, 3.05) is 26.2 Å². The van der Waals surface area contributed by atoms with Gasteiger partial charge in [0.05, 0.1) is 30.1 Å². The molecule has 0 aromatic carbocycles. The summed E-state index contributed by atoms with van der Waals surface area (Å²) < 4.78 is 69.5. The van der Waals surface area contributed by atoms with Gasteiger partial charge in [0, 0.05) is 32.0 Å². The molecular weight excluding hydrogens is 554 g/mol. The molecule has 0 saturated carbocycles. The molecule has 2 aliphatic heterocycles. The molecule has 4 heterocycles. The van der Waals surface area contributed by atoms with Crippen LogP contribution in [0.15, 0.2) is 48.8 Å². The third-order valence-corrected chi connectivity index (χ3v) is 5.78. The largest absolute Gasteiger partial charge is 0.490 e. The van der Waals surface area contributed by atoms with E-state index < -0.39 is 24.3 Å². The van der Waals surface area contributed by atoms with E-state index in [0.717, 1.165) is 43.9 Å². The zero-order valence-electron chi connectivity index (χ0n) is 20.9. The summed E-state index contributed by atoms with van der Waals surface area (Å²) in [5.74, 6) is -5.46. The Hall–Kier alpha value is -3.79. The Labute approximate surface area is 224 Å². The number of pyridine rings is 2. The fraction of sp³-hybridized carbons (Fsp3) is 0.458. The van der Waals surface area contributed by atoms with Crippen molar-refractivity contribution in [3.8, 4) is 0 Å². The number of carbonyl (C=O) groups excluding carboxylic acids is 1. The highest BCUT2D eigenvalue weighted by Crippen LogP contribution is 2.31. The topological polar surface area (TPSA) is 133 Å². The highest BCUT2D eigenvalue weighted by atomic mass is 19.4. The summed E-state index contributed by atoms with van der Waals surface area (Å²) in [7, 11) is 0. The predicted molar refractivity (Wildman–Crippen MR) is 124 cm³/mol. The van der Waals surface area contributed by atoms with E-state index in [1.54, 1.807) is 6.20 Å². The van der Waals surface area contributed by atoms with Crippen LogP contribution in [0, 0.1) is 0 Å². The molecule has 2 aliphatic rings. The van der Waals surface area contributed by atoms with Crippen molar-refractivity contribution in [1.29, 1.82) is 0 Å². The van der Waals surface area contributed by atoms with Crippen LogP contribution in [0.1, 0.15) is 24.2 Å². The first-order chi connectivity index (χ1) is 18.6. The molecule has 1 amide bonds. The number of alkyl halides is 6. The fourth-order valence-electron chi connectivity index (χ4n) is 3.76. The number of halogens is 6. The molecule has 1 spiro atoms. The molecular formula is C24H26F6N4O6. The van der Waals surface area contributed by atoms with Gasteiger partial charge in [-0.1, -0.05) is 12.1 Å². The number of carbonyl (C=O) groups is 3. The molecule has 0 bridgehead atoms. The SMILES string of the molecule is O=C(O)C(F)(F)F.O=C(O)C(F)(F)F.O=C1COC2(CCN(Cc3ccccn3)CC2)CN1Cc1ccccn1. The fourth-order valence-corrected chi connectivity index (χ4v) is 3.76. The van der Waals surface area contributed by atoms with Gasteiger partial charge >= 0.3 is 24.3 Å². The van der Waals surface area contributed by atoms with Gasteiger partial charge in [0.2, 0.25) is 5.91 Å². The summed E-state index contributed by atoms with van der Waals surface area (Å²) in [5, 5.41) is 14.2. The maximum absolute atomic E-state index is 12.3. The third-order valence-electron chi connectivity index (χ3n) is 5.78. The number of morpholine rings is 1. The van der Waals surface area contributed by atoms with E-state index in [1.807, 2.05) is 41.4 Å². The van der Waals surface area contributed by atoms with Crippen LogP contribution in [-0.2, 0) is 32.2 Å². The average molecular weight is 580 g/mol. The average Bonchev–Trinajstić information content (AvgIpc) is 2.89. The number of likely N-dealkylation sites (tertiary alicyclic amines) is 1. The molecule has 2 aromatic rings. The van der Waals surface area contributed by atoms with Gasteiger partial charge in [0.25, 0.3) is 0 Å². The zero-order chi connectivity index (χ0) is 30.0. The van der Waals surface area contributed by atoms with Crippen LogP contribution in [-0.4, -0.2) is 92.0 Å². The monoisotopic (exact) mass is 580 g/mol. The van der Waals surface area contributed by atoms with E-state index >= 15 is 0 Å². The van der Waals surface area contributed by atoms with Gasteiger partial charge in [-0.15, -0.1) is 0 Å². The van der Waals surface area contributed by atoms with Crippen LogP contribution < -0.4 is 0 Å². The summed E-state index contributed by atoms with van der Waals surface area (Å²) in [6.45, 7) is 4.17. The smallest absolute Gasteiger partial charge is 0.475 e. The Bertz CT molecular complexity index is 1090. The molecule has 2 fully saturated rings. The molecule has 220 valence electrons. The summed E-state index contributed by atoms with van der Waals surface area (Å²) in [6, 6.07) is 11.8. The first kappa shape index (κ1) is 32.4. The number of hydrogen-bond donors (Lipinski definition) is 2. The van der Waals surface area contributed by atoms with Crippen molar-refractivity contribution in [3.63, 3.8) is 0 Å². The first-order valence-electron chi connectivity index (χ1n) is 11.7. The Balaban J connectivity index is 0.000000333. The van der Waals surface area contributed by atoms with Gasteiger partial charge < -0.3 is 19.8 Å². The van der Waals surface area contributed by atoms with Gasteiger partial charge in [-0.25, -0.2) is 9.59 Å². The highest BCUT2D eigenvalue weighted by molar-refractivity contribution is 5.78. The summed E-state index contributed by atoms with van der Waals surface area (Å²) in [6.07, 6.45) is -4.68. The number of aromatic nitrogens is 2. The van der Waals surface area contributed by atoms with Crippen molar-refractivity contribution in [3.05, 3.63) is 60.2 Å². The molecule has 40 heavy (non-hydrogen) atoms. The van der Waals surface area contributed by atoms with Gasteiger partial charge in [-0.05, 0) is 37.1 Å². The Morgan fingerprint density at radius 3 is 1.70 bits per heavy atom. The number of carboxylic acids is 2. The van der Waals surface area contributed by atoms with Crippen LogP contribution in [0.2, 0.25) is 0 Å². The predicted octanol–water partition coefficient (Wildman–Crippen LogP) is 3.14. The van der Waals surface area contributed by atoms with Gasteiger partial charge in [-0.2, -0.15) is 26.3 Å². The molecule has 16 heteroatoms. The molecule has 0 atom stereocenters. The van der Waals surface area contributed by atoms with E-state index in [-0.39, 0.29) is 18.1 Å². The molecule has 0 radical (unpaired) electrons. The lowest BCUT2D eigenvalue weighted by molar-refractivity contribution is -0.193. The minimum Gasteiger partial charge on any atom is -0.475 e. The molecule has 10 nitrogen and oxygen atoms in total. The highest BCUT2D eigenvalue weighted by Gasteiger charge is 2.42. The van der Waals surface area contributed by atoms with E-state index in [0.29, 0.717) is 13.1 Å². The van der Waals surface area contributed by atoms with Gasteiger partial charge in [0.1, 0.15) is 6.61 Å². The van der Waals surface area contributed by atoms with Crippen LogP contribution in [0.3, 0.4) is 0 Å². The summed E-state index contributed by atoms with van der Waals surface area (Å²) in [4.78, 5) is 43.2. The quantitative estimate of drug-likeness (QED) is 0.524. The van der Waals surface area contributed by atoms with E-state index in [9.17, 15) is 31.1 Å². The van der Waals surface area contributed by atoms with Gasteiger partial charge in [0.15, 0.2) is 0 Å². The van der Waals surface area contributed by atoms with Crippen molar-refractivity contribution in [2.45, 2.75) is 43.9 Å². The van der Waals surface area contributed by atoms with E-state index in [1.165, 1.54) is 0 Å². The second kappa shape index (κ2) is 14.0. The number of amides is 1. The molecule has 2 aromatic heterocycles. The summed E-state index contributed by atoms with van der Waals surface area (Å²) in [5.41, 5.74) is 1.80. The minimum atomic E-state index is -5.08. The normalized spacial score (nSPS) is 17.2. The Morgan fingerprint density at radius 2 is 1.30 bits per heavy atom. The van der Waals surface area contributed by atoms with Crippen molar-refractivity contribution in [2.24, 2.45) is 0 Å². The van der Waals surface area contributed by atoms with Crippen molar-refractivity contribution < 1.29 is 55.7 Å². The maximum atomic E-state index is 12.3. The number of carboxylic acid groups (broad SMARTS) is 2. The number of ether oxygens (including phenoxy) is 1. The standard InChI is InChI=1S/C20H24N4O2.2C2HF3O2/c25-19-15-26-20(16-24(19)14-18-6-2-4-10-22-18)7-11-23(12-8-20)13-17-5-1-3-9-21-17;2*3-2(4,5)1(6)7/h1-6,9-10H,7-8,11-16H2;2*(H,6,7). The maximum Gasteiger partial charge on any atom is 0.490 e. The number of rotatable bonds is 4. The van der Waals surface area contributed by atoms with Crippen molar-refractivity contribution >= 4 is 17.8 Å². The molecule has 4 rings (SSSR count). The second-order valence-corrected chi connectivity index (χ2v) is 8.75. The Morgan fingerprint density at radius 1 is 0.850 bits per heavy atom. The second-order valence-electron chi connectivity index (χ2n) is 8.75. The lowest BCUT2D eigenvalue weighted by Gasteiger charge is -2.47. The first-order valence-corrected chi connectivity index (χ1v) is 11.7. The molecule has 2 N–H and O–H groups in total. The van der Waals surface area contributed by atoms with E-state index in [4.69, 9.17) is 24.5 Å². The molecule has 0 aliphatic carbocycles. The Kier molecular flexibility index (Phi) is 11.4. The van der Waals surface area contributed by atoms with Crippen LogP contribution in [0.4, 0.5) is 26.3 Å². The van der Waals surface area contributed by atoms with Crippen LogP contribution in [0.25, 0.3) is 0 Å². The minimum absolute atomic E-state index is 0.0530. The lowest BCUT2D eigenvalue weighted by Crippen LogP contribution is -2.58. The number of aliphatic carboxylic acids is 2. The number of hydrogen-bond acceptors (Lipinski definition) is 7. The molecule has 2 saturated heterocycles. The number of nitrogens with zero attached hydrogens (tertiary/aromatic N) is 4. The number of piperidine rings is 1. The lowest BCUT2D eigenvalue weighted by atomic mass is 9.89. The van der Waals surface area contributed by atoms with Crippen LogP contribution >= 0.6 is 0 Å². The van der Waals surface area contributed by atoms with Crippen molar-refractivity contribution in [1.82, 2.24) is 19.8 Å². The molecule has 0 unspecified atom stereocenters.